The molecule has 0 bridgehead atoms. The number of benzene rings is 1. The Kier molecular flexibility index (Phi) is 4.38. The summed E-state index contributed by atoms with van der Waals surface area (Å²) in [7, 11) is 5.10. The maximum Gasteiger partial charge on any atom is 0.253 e. The van der Waals surface area contributed by atoms with Gasteiger partial charge in [-0.15, -0.1) is 0 Å². The first-order valence-electron chi connectivity index (χ1n) is 8.92. The third-order valence-electron chi connectivity index (χ3n) is 5.09. The van der Waals surface area contributed by atoms with Gasteiger partial charge in [-0.1, -0.05) is 0 Å². The third kappa shape index (κ3) is 2.97. The number of amides is 1. The van der Waals surface area contributed by atoms with Gasteiger partial charge in [-0.2, -0.15) is 0 Å². The van der Waals surface area contributed by atoms with E-state index in [0.717, 1.165) is 24.1 Å². The number of hydrogen-bond acceptors (Lipinski definition) is 5. The zero-order valence-corrected chi connectivity index (χ0v) is 16.7. The standard InChI is InChI=1S/C19H23N3O4S/c1-10-15(18(23)21(2)3)16(20-19(27)22(10)12-5-6-12)11-7-13(24-4)17-14(8-11)25-9-26-17/h7-8,12,16H,5-6,9H2,1-4H3,(H,20,27). The molecule has 2 aliphatic heterocycles. The van der Waals surface area contributed by atoms with Crippen LogP contribution in [0, 0.1) is 0 Å². The Morgan fingerprint density at radius 2 is 2.07 bits per heavy atom. The van der Waals surface area contributed by atoms with Crippen molar-refractivity contribution in [2.24, 2.45) is 0 Å². The fourth-order valence-corrected chi connectivity index (χ4v) is 4.02. The molecule has 3 aliphatic rings. The first-order chi connectivity index (χ1) is 12.9. The molecule has 144 valence electrons. The maximum atomic E-state index is 13.0. The Bertz CT molecular complexity index is 848. The molecule has 0 radical (unpaired) electrons. The van der Waals surface area contributed by atoms with E-state index in [9.17, 15) is 4.79 Å². The highest BCUT2D eigenvalue weighted by atomic mass is 32.1. The van der Waals surface area contributed by atoms with Crippen molar-refractivity contribution in [3.8, 4) is 17.2 Å². The average Bonchev–Trinajstić information content (AvgIpc) is 3.35. The van der Waals surface area contributed by atoms with Gasteiger partial charge in [-0.3, -0.25) is 4.79 Å². The highest BCUT2D eigenvalue weighted by Crippen LogP contribution is 2.45. The lowest BCUT2D eigenvalue weighted by Gasteiger charge is -2.38. The number of rotatable bonds is 4. The van der Waals surface area contributed by atoms with E-state index in [2.05, 4.69) is 10.2 Å². The second-order valence-corrected chi connectivity index (χ2v) is 7.53. The van der Waals surface area contributed by atoms with Crippen LogP contribution in [0.3, 0.4) is 0 Å². The van der Waals surface area contributed by atoms with Crippen LogP contribution in [0.25, 0.3) is 0 Å². The molecule has 1 aromatic carbocycles. The molecule has 0 saturated heterocycles. The number of hydrogen-bond donors (Lipinski definition) is 1. The zero-order chi connectivity index (χ0) is 19.3. The molecule has 4 rings (SSSR count). The van der Waals surface area contributed by atoms with Gasteiger partial charge in [0.2, 0.25) is 12.5 Å². The molecular formula is C19H23N3O4S. The Morgan fingerprint density at radius 1 is 1.33 bits per heavy atom. The van der Waals surface area contributed by atoms with Crippen LogP contribution in [-0.4, -0.2) is 54.9 Å². The van der Waals surface area contributed by atoms with Crippen LogP contribution < -0.4 is 19.5 Å². The van der Waals surface area contributed by atoms with Gasteiger partial charge in [0, 0.05) is 25.8 Å². The van der Waals surface area contributed by atoms with Crippen molar-refractivity contribution >= 4 is 23.2 Å². The van der Waals surface area contributed by atoms with Crippen LogP contribution in [0.15, 0.2) is 23.4 Å². The van der Waals surface area contributed by atoms with Crippen molar-refractivity contribution in [3.63, 3.8) is 0 Å². The Labute approximate surface area is 163 Å². The van der Waals surface area contributed by atoms with E-state index in [4.69, 9.17) is 26.4 Å². The van der Waals surface area contributed by atoms with E-state index in [0.29, 0.717) is 34.0 Å². The number of methoxy groups -OCH3 is 1. The molecule has 1 aliphatic carbocycles. The average molecular weight is 389 g/mol. The summed E-state index contributed by atoms with van der Waals surface area (Å²) in [5.41, 5.74) is 2.43. The van der Waals surface area contributed by atoms with Gasteiger partial charge in [0.05, 0.1) is 18.7 Å². The quantitative estimate of drug-likeness (QED) is 0.792. The largest absolute Gasteiger partial charge is 0.493 e. The monoisotopic (exact) mass is 389 g/mol. The van der Waals surface area contributed by atoms with Crippen molar-refractivity contribution in [2.75, 3.05) is 28.0 Å². The van der Waals surface area contributed by atoms with Gasteiger partial charge < -0.3 is 29.3 Å². The number of allylic oxidation sites excluding steroid dienone is 1. The summed E-state index contributed by atoms with van der Waals surface area (Å²) in [5.74, 6) is 1.72. The summed E-state index contributed by atoms with van der Waals surface area (Å²) in [6.07, 6.45) is 2.18. The van der Waals surface area contributed by atoms with Gasteiger partial charge in [0.1, 0.15) is 0 Å². The van der Waals surface area contributed by atoms with Gasteiger partial charge in [-0.25, -0.2) is 0 Å². The lowest BCUT2D eigenvalue weighted by Crippen LogP contribution is -2.49. The van der Waals surface area contributed by atoms with E-state index in [-0.39, 0.29) is 18.7 Å². The first-order valence-corrected chi connectivity index (χ1v) is 9.33. The van der Waals surface area contributed by atoms with E-state index in [1.165, 1.54) is 0 Å². The van der Waals surface area contributed by atoms with Crippen LogP contribution in [0.4, 0.5) is 0 Å². The van der Waals surface area contributed by atoms with Crippen molar-refractivity contribution < 1.29 is 19.0 Å². The number of likely N-dealkylation sites (N-methyl/N-ethyl adjacent to an activating group) is 1. The molecule has 27 heavy (non-hydrogen) atoms. The number of nitrogens with zero attached hydrogens (tertiary/aromatic N) is 2. The number of carbonyl (C=O) groups excluding carboxylic acids is 1. The second kappa shape index (κ2) is 6.60. The fraction of sp³-hybridized carbons (Fsp3) is 0.474. The summed E-state index contributed by atoms with van der Waals surface area (Å²) in [6.45, 7) is 2.12. The Balaban J connectivity index is 1.83. The number of ether oxygens (including phenoxy) is 3. The highest BCUT2D eigenvalue weighted by Gasteiger charge is 2.41. The summed E-state index contributed by atoms with van der Waals surface area (Å²) >= 11 is 5.63. The molecule has 1 aromatic rings. The van der Waals surface area contributed by atoms with Crippen LogP contribution in [-0.2, 0) is 4.79 Å². The number of fused-ring (bicyclic) bond motifs is 1. The van der Waals surface area contributed by atoms with Gasteiger partial charge >= 0.3 is 0 Å². The molecule has 1 saturated carbocycles. The van der Waals surface area contributed by atoms with E-state index < -0.39 is 0 Å². The number of carbonyl (C=O) groups is 1. The van der Waals surface area contributed by atoms with Gasteiger partial charge in [0.25, 0.3) is 5.91 Å². The van der Waals surface area contributed by atoms with Crippen LogP contribution in [0.5, 0.6) is 17.2 Å². The number of thiocarbonyl (C=S) groups is 1. The lowest BCUT2D eigenvalue weighted by atomic mass is 9.93. The molecule has 1 atom stereocenters. The SMILES string of the molecule is COc1cc(C2NC(=S)N(C3CC3)C(C)=C2C(=O)N(C)C)cc2c1OCO2. The summed E-state index contributed by atoms with van der Waals surface area (Å²) in [5, 5.41) is 4.01. The fourth-order valence-electron chi connectivity index (χ4n) is 3.61. The molecule has 0 spiro atoms. The second-order valence-electron chi connectivity index (χ2n) is 7.14. The lowest BCUT2D eigenvalue weighted by molar-refractivity contribution is -0.125. The summed E-state index contributed by atoms with van der Waals surface area (Å²) in [6, 6.07) is 3.75. The molecule has 7 nitrogen and oxygen atoms in total. The third-order valence-corrected chi connectivity index (χ3v) is 5.40. The van der Waals surface area contributed by atoms with Crippen molar-refractivity contribution in [1.82, 2.24) is 15.1 Å². The van der Waals surface area contributed by atoms with Crippen LogP contribution in [0.1, 0.15) is 31.4 Å². The molecule has 0 aromatic heterocycles. The topological polar surface area (TPSA) is 63.3 Å². The van der Waals surface area contributed by atoms with Crippen molar-refractivity contribution in [3.05, 3.63) is 29.0 Å². The van der Waals surface area contributed by atoms with Crippen LogP contribution in [0.2, 0.25) is 0 Å². The van der Waals surface area contributed by atoms with Crippen molar-refractivity contribution in [1.29, 1.82) is 0 Å². The summed E-state index contributed by atoms with van der Waals surface area (Å²) in [4.78, 5) is 16.7. The normalized spacial score (nSPS) is 21.3. The minimum absolute atomic E-state index is 0.0465. The predicted molar refractivity (Wildman–Crippen MR) is 104 cm³/mol. The van der Waals surface area contributed by atoms with Gasteiger partial charge in [0.15, 0.2) is 16.6 Å². The van der Waals surface area contributed by atoms with Gasteiger partial charge in [-0.05, 0) is 49.7 Å². The minimum atomic E-state index is -0.384. The van der Waals surface area contributed by atoms with Crippen LogP contribution >= 0.6 is 12.2 Å². The first kappa shape index (κ1) is 17.9. The van der Waals surface area contributed by atoms with Crippen molar-refractivity contribution in [2.45, 2.75) is 31.8 Å². The summed E-state index contributed by atoms with van der Waals surface area (Å²) < 4.78 is 16.5. The molecule has 2 heterocycles. The van der Waals surface area contributed by atoms with E-state index in [1.54, 1.807) is 26.1 Å². The molecule has 1 amide bonds. The van der Waals surface area contributed by atoms with E-state index in [1.807, 2.05) is 19.1 Å². The molecular weight excluding hydrogens is 366 g/mol. The minimum Gasteiger partial charge on any atom is -0.493 e. The highest BCUT2D eigenvalue weighted by molar-refractivity contribution is 7.80. The Morgan fingerprint density at radius 3 is 2.70 bits per heavy atom. The van der Waals surface area contributed by atoms with E-state index >= 15 is 0 Å². The maximum absolute atomic E-state index is 13.0. The molecule has 1 N–H and O–H groups in total. The molecule has 1 fully saturated rings. The predicted octanol–water partition coefficient (Wildman–Crippen LogP) is 2.18. The zero-order valence-electron chi connectivity index (χ0n) is 15.9. The molecule has 1 unspecified atom stereocenters. The number of nitrogens with one attached hydrogen (secondary N) is 1. The molecule has 8 heteroatoms. The smallest absolute Gasteiger partial charge is 0.253 e. The Hall–Kier alpha value is -2.48.